The van der Waals surface area contributed by atoms with Crippen molar-refractivity contribution in [2.24, 2.45) is 0 Å². The quantitative estimate of drug-likeness (QED) is 0.838. The van der Waals surface area contributed by atoms with Crippen molar-refractivity contribution in [1.82, 2.24) is 4.90 Å². The molecule has 0 unspecified atom stereocenters. The molecule has 0 heterocycles. The van der Waals surface area contributed by atoms with Crippen molar-refractivity contribution >= 4 is 5.97 Å². The Hall–Kier alpha value is -1.69. The molecule has 0 atom stereocenters. The number of carboxylic acids is 1. The van der Waals surface area contributed by atoms with Crippen molar-refractivity contribution in [2.75, 3.05) is 13.6 Å². The van der Waals surface area contributed by atoms with E-state index in [0.717, 1.165) is 11.1 Å². The average Bonchev–Trinajstić information content (AvgIpc) is 2.32. The summed E-state index contributed by atoms with van der Waals surface area (Å²) in [6.45, 7) is 1.54. The van der Waals surface area contributed by atoms with Crippen LogP contribution in [0.5, 0.6) is 5.75 Å². The molecule has 20 heavy (non-hydrogen) atoms. The zero-order valence-electron chi connectivity index (χ0n) is 11.8. The highest BCUT2D eigenvalue weighted by Crippen LogP contribution is 2.26. The number of hydrogen-bond acceptors (Lipinski definition) is 3. The van der Waals surface area contributed by atoms with Gasteiger partial charge < -0.3 is 14.7 Å². The van der Waals surface area contributed by atoms with Crippen LogP contribution in [0.15, 0.2) is 12.1 Å². The molecule has 0 aromatic heterocycles. The number of rotatable bonds is 7. The van der Waals surface area contributed by atoms with Gasteiger partial charge in [-0.05, 0) is 38.1 Å². The van der Waals surface area contributed by atoms with E-state index >= 15 is 0 Å². The summed E-state index contributed by atoms with van der Waals surface area (Å²) in [4.78, 5) is 12.3. The van der Waals surface area contributed by atoms with Crippen LogP contribution in [0.3, 0.4) is 0 Å². The number of aryl methyl sites for hydroxylation is 2. The summed E-state index contributed by atoms with van der Waals surface area (Å²) in [7, 11) is 1.74. The van der Waals surface area contributed by atoms with Crippen molar-refractivity contribution in [1.29, 1.82) is 0 Å². The normalized spacial score (nSPS) is 11.2. The van der Waals surface area contributed by atoms with Crippen LogP contribution < -0.4 is 4.74 Å². The molecule has 1 rings (SSSR count). The third kappa shape index (κ3) is 5.13. The molecule has 1 aromatic carbocycles. The van der Waals surface area contributed by atoms with Crippen molar-refractivity contribution in [3.63, 3.8) is 0 Å². The monoisotopic (exact) mass is 287 g/mol. The molecule has 0 amide bonds. The maximum absolute atomic E-state index is 12.4. The molecule has 0 bridgehead atoms. The van der Waals surface area contributed by atoms with E-state index < -0.39 is 12.6 Å². The van der Waals surface area contributed by atoms with Crippen LogP contribution >= 0.6 is 0 Å². The third-order valence-electron chi connectivity index (χ3n) is 3.04. The number of carboxylic acid groups (broad SMARTS) is 1. The fourth-order valence-electron chi connectivity index (χ4n) is 1.84. The smallest absolute Gasteiger partial charge is 0.387 e. The first-order valence-electron chi connectivity index (χ1n) is 6.25. The molecule has 0 aliphatic heterocycles. The Morgan fingerprint density at radius 2 is 1.95 bits per heavy atom. The molecule has 6 heteroatoms. The summed E-state index contributed by atoms with van der Waals surface area (Å²) in [6.07, 6.45) is 0.00633. The van der Waals surface area contributed by atoms with Gasteiger partial charge >= 0.3 is 12.6 Å². The first-order valence-corrected chi connectivity index (χ1v) is 6.25. The Balaban J connectivity index is 2.86. The van der Waals surface area contributed by atoms with Crippen molar-refractivity contribution in [3.05, 3.63) is 28.8 Å². The fraction of sp³-hybridized carbons (Fsp3) is 0.500. The molecule has 0 saturated carbocycles. The summed E-state index contributed by atoms with van der Waals surface area (Å²) in [6, 6.07) is 3.38. The number of halogens is 2. The van der Waals surface area contributed by atoms with Gasteiger partial charge in [0, 0.05) is 18.7 Å². The van der Waals surface area contributed by atoms with E-state index in [1.807, 2.05) is 13.8 Å². The largest absolute Gasteiger partial charge is 0.481 e. The predicted octanol–water partition coefficient (Wildman–Crippen LogP) is 2.81. The van der Waals surface area contributed by atoms with Crippen LogP contribution in [0.2, 0.25) is 0 Å². The van der Waals surface area contributed by atoms with Gasteiger partial charge in [-0.15, -0.1) is 0 Å². The van der Waals surface area contributed by atoms with Gasteiger partial charge in [-0.25, -0.2) is 0 Å². The van der Waals surface area contributed by atoms with Gasteiger partial charge in [-0.2, -0.15) is 8.78 Å². The number of ether oxygens (including phenoxy) is 1. The molecule has 0 fully saturated rings. The van der Waals surface area contributed by atoms with E-state index in [-0.39, 0.29) is 12.2 Å². The maximum atomic E-state index is 12.4. The third-order valence-corrected chi connectivity index (χ3v) is 3.04. The maximum Gasteiger partial charge on any atom is 0.387 e. The summed E-state index contributed by atoms with van der Waals surface area (Å²) >= 11 is 0. The van der Waals surface area contributed by atoms with Crippen LogP contribution in [-0.2, 0) is 11.3 Å². The van der Waals surface area contributed by atoms with Gasteiger partial charge in [0.05, 0.1) is 6.42 Å². The standard InChI is InChI=1S/C14H19F2NO3/c1-9-6-11(8-17(3)5-4-13(18)19)12(7-10(9)2)20-14(15)16/h6-7,14H,4-5,8H2,1-3H3,(H,18,19). The van der Waals surface area contributed by atoms with Crippen molar-refractivity contribution < 1.29 is 23.4 Å². The highest BCUT2D eigenvalue weighted by atomic mass is 19.3. The molecule has 4 nitrogen and oxygen atoms in total. The first-order chi connectivity index (χ1) is 9.29. The molecule has 0 radical (unpaired) electrons. The Labute approximate surface area is 117 Å². The number of benzene rings is 1. The summed E-state index contributed by atoms with van der Waals surface area (Å²) < 4.78 is 29.4. The lowest BCUT2D eigenvalue weighted by Crippen LogP contribution is -2.22. The number of nitrogens with zero attached hydrogens (tertiary/aromatic N) is 1. The lowest BCUT2D eigenvalue weighted by molar-refractivity contribution is -0.137. The Kier molecular flexibility index (Phi) is 5.88. The van der Waals surface area contributed by atoms with Gasteiger partial charge in [0.2, 0.25) is 0 Å². The SMILES string of the molecule is Cc1cc(CN(C)CCC(=O)O)c(OC(F)F)cc1C. The summed E-state index contributed by atoms with van der Waals surface area (Å²) in [5.41, 5.74) is 2.48. The highest BCUT2D eigenvalue weighted by molar-refractivity contribution is 5.66. The molecule has 0 saturated heterocycles. The minimum atomic E-state index is -2.87. The second kappa shape index (κ2) is 7.19. The number of alkyl halides is 2. The van der Waals surface area contributed by atoms with Gasteiger partial charge in [0.1, 0.15) is 5.75 Å². The van der Waals surface area contributed by atoms with Crippen LogP contribution in [-0.4, -0.2) is 36.2 Å². The van der Waals surface area contributed by atoms with Gasteiger partial charge in [0.15, 0.2) is 0 Å². The van der Waals surface area contributed by atoms with Crippen LogP contribution in [0.25, 0.3) is 0 Å². The average molecular weight is 287 g/mol. The second-order valence-electron chi connectivity index (χ2n) is 4.80. The van der Waals surface area contributed by atoms with Crippen LogP contribution in [0, 0.1) is 13.8 Å². The molecule has 1 aromatic rings. The second-order valence-corrected chi connectivity index (χ2v) is 4.80. The minimum absolute atomic E-state index is 0.00633. The number of hydrogen-bond donors (Lipinski definition) is 1. The van der Waals surface area contributed by atoms with E-state index in [1.165, 1.54) is 0 Å². The van der Waals surface area contributed by atoms with Crippen molar-refractivity contribution in [3.8, 4) is 5.75 Å². The van der Waals surface area contributed by atoms with Gasteiger partial charge in [-0.1, -0.05) is 6.07 Å². The lowest BCUT2D eigenvalue weighted by atomic mass is 10.0. The number of carbonyl (C=O) groups is 1. The zero-order chi connectivity index (χ0) is 15.3. The Morgan fingerprint density at radius 3 is 2.50 bits per heavy atom. The van der Waals surface area contributed by atoms with Crippen LogP contribution in [0.1, 0.15) is 23.1 Å². The van der Waals surface area contributed by atoms with Gasteiger partial charge in [0.25, 0.3) is 0 Å². The highest BCUT2D eigenvalue weighted by Gasteiger charge is 2.13. The van der Waals surface area contributed by atoms with E-state index in [9.17, 15) is 13.6 Å². The summed E-state index contributed by atoms with van der Waals surface area (Å²) in [5.74, 6) is -0.744. The Morgan fingerprint density at radius 1 is 1.35 bits per heavy atom. The molecule has 112 valence electrons. The lowest BCUT2D eigenvalue weighted by Gasteiger charge is -2.19. The molecular weight excluding hydrogens is 268 g/mol. The fourth-order valence-corrected chi connectivity index (χ4v) is 1.84. The van der Waals surface area contributed by atoms with E-state index in [4.69, 9.17) is 5.11 Å². The topological polar surface area (TPSA) is 49.8 Å². The van der Waals surface area contributed by atoms with Gasteiger partial charge in [-0.3, -0.25) is 4.79 Å². The predicted molar refractivity (Wildman–Crippen MR) is 71.1 cm³/mol. The summed E-state index contributed by atoms with van der Waals surface area (Å²) in [5, 5.41) is 8.63. The zero-order valence-corrected chi connectivity index (χ0v) is 11.8. The first kappa shape index (κ1) is 16.4. The molecule has 0 spiro atoms. The molecule has 1 N–H and O–H groups in total. The van der Waals surface area contributed by atoms with Crippen molar-refractivity contribution in [2.45, 2.75) is 33.4 Å². The molecule has 0 aliphatic carbocycles. The number of aliphatic carboxylic acids is 1. The van der Waals surface area contributed by atoms with E-state index in [1.54, 1.807) is 24.1 Å². The minimum Gasteiger partial charge on any atom is -0.481 e. The molecule has 0 aliphatic rings. The molecular formula is C14H19F2NO3. The van der Waals surface area contributed by atoms with E-state index in [0.29, 0.717) is 18.7 Å². The van der Waals surface area contributed by atoms with E-state index in [2.05, 4.69) is 4.74 Å². The van der Waals surface area contributed by atoms with Crippen LogP contribution in [0.4, 0.5) is 8.78 Å². The Bertz CT molecular complexity index is 478.